The summed E-state index contributed by atoms with van der Waals surface area (Å²) in [5.74, 6) is -0.927. The second-order valence-electron chi connectivity index (χ2n) is 6.34. The lowest BCUT2D eigenvalue weighted by Gasteiger charge is -2.27. The topological polar surface area (TPSA) is 54.3 Å². The molecule has 0 atom stereocenters. The van der Waals surface area contributed by atoms with Crippen molar-refractivity contribution < 1.29 is 9.18 Å². The first-order chi connectivity index (χ1) is 11.6. The summed E-state index contributed by atoms with van der Waals surface area (Å²) < 4.78 is 15.8. The molecule has 1 aliphatic heterocycles. The highest BCUT2D eigenvalue weighted by Crippen LogP contribution is 2.37. The third-order valence-electron chi connectivity index (χ3n) is 4.65. The SMILES string of the molecule is Cl.O=C(c1cn(C2CC2)c2cc(Cl)c(F)cc2c1=O)N1CCNCC1. The number of hydrogen-bond donors (Lipinski definition) is 1. The van der Waals surface area contributed by atoms with Gasteiger partial charge in [-0.05, 0) is 25.0 Å². The number of carbonyl (C=O) groups excluding carboxylic acids is 1. The lowest BCUT2D eigenvalue weighted by atomic mass is 10.1. The first kappa shape index (κ1) is 18.2. The van der Waals surface area contributed by atoms with Crippen LogP contribution in [-0.2, 0) is 0 Å². The fourth-order valence-corrected chi connectivity index (χ4v) is 3.35. The number of halogens is 3. The van der Waals surface area contributed by atoms with E-state index in [2.05, 4.69) is 5.32 Å². The molecule has 1 saturated heterocycles. The monoisotopic (exact) mass is 385 g/mol. The van der Waals surface area contributed by atoms with Crippen molar-refractivity contribution in [1.82, 2.24) is 14.8 Å². The summed E-state index contributed by atoms with van der Waals surface area (Å²) in [6.07, 6.45) is 3.59. The van der Waals surface area contributed by atoms with E-state index in [1.165, 1.54) is 6.07 Å². The van der Waals surface area contributed by atoms with Crippen LogP contribution in [0.3, 0.4) is 0 Å². The van der Waals surface area contributed by atoms with E-state index in [1.54, 1.807) is 11.1 Å². The highest BCUT2D eigenvalue weighted by atomic mass is 35.5. The quantitative estimate of drug-likeness (QED) is 0.864. The van der Waals surface area contributed by atoms with E-state index in [1.807, 2.05) is 4.57 Å². The lowest BCUT2D eigenvalue weighted by molar-refractivity contribution is 0.0734. The molecular formula is C17H18Cl2FN3O2. The molecule has 8 heteroatoms. The van der Waals surface area contributed by atoms with Crippen molar-refractivity contribution in [2.45, 2.75) is 18.9 Å². The Morgan fingerprint density at radius 2 is 1.92 bits per heavy atom. The third-order valence-corrected chi connectivity index (χ3v) is 4.94. The van der Waals surface area contributed by atoms with Crippen molar-refractivity contribution >= 4 is 40.8 Å². The average Bonchev–Trinajstić information content (AvgIpc) is 3.42. The molecule has 0 unspecified atom stereocenters. The number of rotatable bonds is 2. The Hall–Kier alpha value is -1.63. The predicted octanol–water partition coefficient (Wildman–Crippen LogP) is 2.60. The molecular weight excluding hydrogens is 368 g/mol. The van der Waals surface area contributed by atoms with E-state index in [4.69, 9.17) is 11.6 Å². The number of nitrogens with zero attached hydrogens (tertiary/aromatic N) is 2. The van der Waals surface area contributed by atoms with E-state index < -0.39 is 11.2 Å². The largest absolute Gasteiger partial charge is 0.343 e. The second kappa shape index (κ2) is 6.94. The molecule has 1 aliphatic carbocycles. The molecule has 4 rings (SSSR count). The molecule has 134 valence electrons. The number of pyridine rings is 1. The molecule has 2 fully saturated rings. The van der Waals surface area contributed by atoms with Crippen molar-refractivity contribution in [2.75, 3.05) is 26.2 Å². The molecule has 2 heterocycles. The minimum Gasteiger partial charge on any atom is -0.343 e. The highest BCUT2D eigenvalue weighted by molar-refractivity contribution is 6.31. The molecule has 1 N–H and O–H groups in total. The number of aromatic nitrogens is 1. The van der Waals surface area contributed by atoms with Crippen LogP contribution >= 0.6 is 24.0 Å². The first-order valence-corrected chi connectivity index (χ1v) is 8.48. The zero-order chi connectivity index (χ0) is 16.8. The number of piperazine rings is 1. The first-order valence-electron chi connectivity index (χ1n) is 8.10. The molecule has 0 spiro atoms. The van der Waals surface area contributed by atoms with Crippen LogP contribution in [-0.4, -0.2) is 41.6 Å². The van der Waals surface area contributed by atoms with Crippen molar-refractivity contribution in [3.63, 3.8) is 0 Å². The standard InChI is InChI=1S/C17H17ClFN3O2.ClH/c18-13-8-15-11(7-14(13)19)16(23)12(9-22(15)10-1-2-10)17(24)21-5-3-20-4-6-21;/h7-10,20H,1-6H2;1H. The van der Waals surface area contributed by atoms with Crippen LogP contribution in [0.2, 0.25) is 5.02 Å². The van der Waals surface area contributed by atoms with Gasteiger partial charge in [-0.15, -0.1) is 12.4 Å². The van der Waals surface area contributed by atoms with E-state index in [0.717, 1.165) is 18.9 Å². The summed E-state index contributed by atoms with van der Waals surface area (Å²) in [6, 6.07) is 2.86. The van der Waals surface area contributed by atoms with Crippen LogP contribution in [0, 0.1) is 5.82 Å². The van der Waals surface area contributed by atoms with Crippen LogP contribution in [0.5, 0.6) is 0 Å². The van der Waals surface area contributed by atoms with E-state index >= 15 is 0 Å². The fraction of sp³-hybridized carbons (Fsp3) is 0.412. The van der Waals surface area contributed by atoms with Gasteiger partial charge in [0.25, 0.3) is 5.91 Å². The van der Waals surface area contributed by atoms with Crippen LogP contribution in [0.1, 0.15) is 29.2 Å². The summed E-state index contributed by atoms with van der Waals surface area (Å²) in [5, 5.41) is 3.37. The van der Waals surface area contributed by atoms with Crippen molar-refractivity contribution in [3.8, 4) is 0 Å². The normalized spacial score (nSPS) is 17.4. The third kappa shape index (κ3) is 3.26. The zero-order valence-corrected chi connectivity index (χ0v) is 15.0. The Morgan fingerprint density at radius 1 is 1.24 bits per heavy atom. The smallest absolute Gasteiger partial charge is 0.259 e. The van der Waals surface area contributed by atoms with Gasteiger partial charge in [0.15, 0.2) is 0 Å². The number of nitrogens with one attached hydrogen (secondary N) is 1. The van der Waals surface area contributed by atoms with Crippen molar-refractivity contribution in [3.05, 3.63) is 45.0 Å². The Labute approximate surface area is 155 Å². The van der Waals surface area contributed by atoms with Crippen molar-refractivity contribution in [2.24, 2.45) is 0 Å². The molecule has 1 aromatic heterocycles. The number of hydrogen-bond acceptors (Lipinski definition) is 3. The second-order valence-corrected chi connectivity index (χ2v) is 6.74. The number of carbonyl (C=O) groups is 1. The van der Waals surface area contributed by atoms with Crippen LogP contribution in [0.15, 0.2) is 23.1 Å². The average molecular weight is 386 g/mol. The Morgan fingerprint density at radius 3 is 2.56 bits per heavy atom. The molecule has 25 heavy (non-hydrogen) atoms. The number of benzene rings is 1. The number of amides is 1. The number of fused-ring (bicyclic) bond motifs is 1. The van der Waals surface area contributed by atoms with E-state index in [-0.39, 0.29) is 40.3 Å². The van der Waals surface area contributed by atoms with Gasteiger partial charge in [0.2, 0.25) is 5.43 Å². The zero-order valence-electron chi connectivity index (χ0n) is 13.4. The molecule has 1 aromatic carbocycles. The van der Waals surface area contributed by atoms with Gasteiger partial charge in [-0.25, -0.2) is 4.39 Å². The van der Waals surface area contributed by atoms with E-state index in [9.17, 15) is 14.0 Å². The maximum atomic E-state index is 13.9. The fourth-order valence-electron chi connectivity index (χ4n) is 3.19. The Kier molecular flexibility index (Phi) is 5.04. The maximum Gasteiger partial charge on any atom is 0.259 e. The molecule has 0 bridgehead atoms. The van der Waals surface area contributed by atoms with Gasteiger partial charge in [-0.3, -0.25) is 9.59 Å². The van der Waals surface area contributed by atoms with Crippen LogP contribution in [0.4, 0.5) is 4.39 Å². The summed E-state index contributed by atoms with van der Waals surface area (Å²) in [6.45, 7) is 2.55. The van der Waals surface area contributed by atoms with Gasteiger partial charge in [0, 0.05) is 43.8 Å². The van der Waals surface area contributed by atoms with Crippen LogP contribution in [0.25, 0.3) is 10.9 Å². The van der Waals surface area contributed by atoms with Crippen molar-refractivity contribution in [1.29, 1.82) is 0 Å². The van der Waals surface area contributed by atoms with Gasteiger partial charge < -0.3 is 14.8 Å². The summed E-state index contributed by atoms with van der Waals surface area (Å²) in [7, 11) is 0. The van der Waals surface area contributed by atoms with Gasteiger partial charge >= 0.3 is 0 Å². The lowest BCUT2D eigenvalue weighted by Crippen LogP contribution is -2.47. The molecule has 1 amide bonds. The predicted molar refractivity (Wildman–Crippen MR) is 97.5 cm³/mol. The Bertz CT molecular complexity index is 890. The molecule has 5 nitrogen and oxygen atoms in total. The highest BCUT2D eigenvalue weighted by Gasteiger charge is 2.29. The minimum absolute atomic E-state index is 0. The molecule has 1 saturated carbocycles. The molecule has 0 radical (unpaired) electrons. The maximum absolute atomic E-state index is 13.9. The Balaban J connectivity index is 0.00000182. The summed E-state index contributed by atoms with van der Waals surface area (Å²) >= 11 is 5.89. The molecule has 2 aliphatic rings. The van der Waals surface area contributed by atoms with Crippen LogP contribution < -0.4 is 10.7 Å². The summed E-state index contributed by atoms with van der Waals surface area (Å²) in [5.41, 5.74) is 0.268. The van der Waals surface area contributed by atoms with Gasteiger partial charge in [-0.1, -0.05) is 11.6 Å². The minimum atomic E-state index is -0.643. The van der Waals surface area contributed by atoms with Gasteiger partial charge in [0.1, 0.15) is 11.4 Å². The summed E-state index contributed by atoms with van der Waals surface area (Å²) in [4.78, 5) is 27.2. The van der Waals surface area contributed by atoms with Gasteiger partial charge in [-0.2, -0.15) is 0 Å². The van der Waals surface area contributed by atoms with E-state index in [0.29, 0.717) is 31.7 Å². The van der Waals surface area contributed by atoms with Gasteiger partial charge in [0.05, 0.1) is 10.5 Å². The molecule has 2 aromatic rings.